The van der Waals surface area contributed by atoms with Gasteiger partial charge in [0.25, 0.3) is 0 Å². The minimum Gasteiger partial charge on any atom is -0.454 e. The summed E-state index contributed by atoms with van der Waals surface area (Å²) in [5, 5.41) is 13.9. The standard InChI is InChI=1S/C102H62N4O2/c1-3-21-63(22-4-1)70-56-73(59-76(57-70)103-90-32-14-7-25-78(90)79-26-8-15-33-91(79)103)68-45-50-75(51-46-68)106-94-36-18-11-31-87(94)98-88(62-89-84-30-13-20-38-97(84)108-102(89)100(98)106)69-47-52-82-80-27-9-16-34-92(80)104(95(82)61-69)77-58-71(64-23-5-2-6-24-64)55-72(60-77)67-41-39-65(40-42-67)66-43-48-74(49-44-66)105-93-35-17-10-28-81(93)85-53-54-86-83-29-12-19-37-96(83)107-101(86)99(85)105/h1-62H. The Kier molecular flexibility index (Phi) is 13.1. The third kappa shape index (κ3) is 9.14. The summed E-state index contributed by atoms with van der Waals surface area (Å²) < 4.78 is 23.6. The van der Waals surface area contributed by atoms with Crippen LogP contribution in [0.5, 0.6) is 0 Å². The predicted molar refractivity (Wildman–Crippen MR) is 451 cm³/mol. The lowest BCUT2D eigenvalue weighted by molar-refractivity contribution is 0.670. The predicted octanol–water partition coefficient (Wildman–Crippen LogP) is 27.9. The zero-order valence-electron chi connectivity index (χ0n) is 58.4. The number of para-hydroxylation sites is 7. The first kappa shape index (κ1) is 60.0. The van der Waals surface area contributed by atoms with Gasteiger partial charge in [-0.15, -0.1) is 0 Å². The van der Waals surface area contributed by atoms with Crippen molar-refractivity contribution in [2.75, 3.05) is 0 Å². The van der Waals surface area contributed by atoms with Crippen LogP contribution < -0.4 is 0 Å². The Hall–Kier alpha value is -14.5. The maximum atomic E-state index is 7.15. The normalized spacial score (nSPS) is 12.1. The van der Waals surface area contributed by atoms with Gasteiger partial charge in [0, 0.05) is 87.4 Å². The molecule has 6 heteroatoms. The SMILES string of the molecule is c1ccc(-c2cc(-c3ccc(-n4c5ccccc5c5c(-c6ccc7c8ccccc8n(-c8cc(-c9ccccc9)cc(-c9ccc(-c%10ccc(-n%11c%12ccccc%12c%12ccc%13c%14ccccc%14oc%13c%12%11)cc%10)cc9)c8)c7c6)cc6c7ccccc7oc6c54)cc3)cc(-n3c4ccccc4c4ccccc43)c2)cc1. The summed E-state index contributed by atoms with van der Waals surface area (Å²) in [5.41, 5.74) is 30.4. The van der Waals surface area contributed by atoms with Crippen molar-refractivity contribution < 1.29 is 8.83 Å². The molecule has 0 radical (unpaired) electrons. The number of hydrogen-bond acceptors (Lipinski definition) is 2. The maximum absolute atomic E-state index is 7.15. The summed E-state index contributed by atoms with van der Waals surface area (Å²) in [4.78, 5) is 0. The number of furan rings is 2. The Bertz CT molecular complexity index is 7580. The molecule has 0 atom stereocenters. The number of rotatable bonds is 10. The van der Waals surface area contributed by atoms with Gasteiger partial charge in [0.1, 0.15) is 11.2 Å². The zero-order valence-corrected chi connectivity index (χ0v) is 58.4. The highest BCUT2D eigenvalue weighted by Crippen LogP contribution is 2.49. The van der Waals surface area contributed by atoms with E-state index in [0.29, 0.717) is 0 Å². The second kappa shape index (κ2) is 23.5. The van der Waals surface area contributed by atoms with Crippen molar-refractivity contribution in [1.82, 2.24) is 18.3 Å². The molecule has 17 aromatic carbocycles. The van der Waals surface area contributed by atoms with Crippen molar-refractivity contribution in [2.45, 2.75) is 0 Å². The number of hydrogen-bond donors (Lipinski definition) is 0. The average molecular weight is 1380 g/mol. The molecule has 0 saturated heterocycles. The van der Waals surface area contributed by atoms with Crippen LogP contribution in [0.25, 0.3) is 221 Å². The summed E-state index contributed by atoms with van der Waals surface area (Å²) in [5.74, 6) is 0. The van der Waals surface area contributed by atoms with Gasteiger partial charge in [-0.05, 0) is 188 Å². The van der Waals surface area contributed by atoms with Crippen molar-refractivity contribution >= 4 is 131 Å². The second-order valence-electron chi connectivity index (χ2n) is 28.7. The monoisotopic (exact) mass is 1370 g/mol. The molecule has 0 aliphatic rings. The van der Waals surface area contributed by atoms with E-state index in [1.54, 1.807) is 0 Å². The molecule has 0 saturated carbocycles. The van der Waals surface area contributed by atoms with Crippen LogP contribution in [-0.2, 0) is 0 Å². The molecule has 108 heavy (non-hydrogen) atoms. The van der Waals surface area contributed by atoms with Gasteiger partial charge in [-0.1, -0.05) is 255 Å². The Morgan fingerprint density at radius 3 is 0.991 bits per heavy atom. The molecule has 6 aromatic heterocycles. The lowest BCUT2D eigenvalue weighted by atomic mass is 9.95. The van der Waals surface area contributed by atoms with Crippen LogP contribution in [-0.4, -0.2) is 18.3 Å². The van der Waals surface area contributed by atoms with Crippen molar-refractivity contribution in [3.05, 3.63) is 376 Å². The largest absolute Gasteiger partial charge is 0.454 e. The second-order valence-corrected chi connectivity index (χ2v) is 28.7. The quantitative estimate of drug-likeness (QED) is 0.137. The lowest BCUT2D eigenvalue weighted by Crippen LogP contribution is -1.97. The minimum atomic E-state index is 0.853. The summed E-state index contributed by atoms with van der Waals surface area (Å²) in [6, 6.07) is 138. The van der Waals surface area contributed by atoms with Crippen LogP contribution in [0, 0.1) is 0 Å². The molecule has 0 bridgehead atoms. The molecule has 0 amide bonds. The van der Waals surface area contributed by atoms with Crippen molar-refractivity contribution in [1.29, 1.82) is 0 Å². The van der Waals surface area contributed by atoms with Crippen LogP contribution in [0.3, 0.4) is 0 Å². The van der Waals surface area contributed by atoms with E-state index < -0.39 is 0 Å². The molecule has 0 aliphatic carbocycles. The molecule has 0 N–H and O–H groups in total. The van der Waals surface area contributed by atoms with Gasteiger partial charge in [-0.25, -0.2) is 0 Å². The van der Waals surface area contributed by atoms with Gasteiger partial charge in [-0.2, -0.15) is 0 Å². The van der Waals surface area contributed by atoms with E-state index in [-0.39, 0.29) is 0 Å². The summed E-state index contributed by atoms with van der Waals surface area (Å²) in [7, 11) is 0. The highest BCUT2D eigenvalue weighted by molar-refractivity contribution is 6.27. The molecule has 0 aliphatic heterocycles. The maximum Gasteiger partial charge on any atom is 0.160 e. The van der Waals surface area contributed by atoms with Gasteiger partial charge >= 0.3 is 0 Å². The van der Waals surface area contributed by atoms with Gasteiger partial charge in [0.2, 0.25) is 0 Å². The van der Waals surface area contributed by atoms with Crippen LogP contribution in [0.15, 0.2) is 385 Å². The number of fused-ring (bicyclic) bond motifs is 20. The fourth-order valence-corrected chi connectivity index (χ4v) is 17.8. The smallest absolute Gasteiger partial charge is 0.160 e. The van der Waals surface area contributed by atoms with Crippen LogP contribution in [0.2, 0.25) is 0 Å². The summed E-state index contributed by atoms with van der Waals surface area (Å²) in [6.45, 7) is 0. The van der Waals surface area contributed by atoms with Gasteiger partial charge in [0.15, 0.2) is 11.2 Å². The zero-order chi connectivity index (χ0) is 70.7. The van der Waals surface area contributed by atoms with E-state index in [2.05, 4.69) is 388 Å². The summed E-state index contributed by atoms with van der Waals surface area (Å²) in [6.07, 6.45) is 0. The van der Waals surface area contributed by atoms with Crippen molar-refractivity contribution in [3.8, 4) is 89.5 Å². The van der Waals surface area contributed by atoms with E-state index in [4.69, 9.17) is 8.83 Å². The van der Waals surface area contributed by atoms with E-state index in [1.165, 1.54) is 48.9 Å². The number of benzene rings is 17. The first-order chi connectivity index (χ1) is 53.5. The van der Waals surface area contributed by atoms with E-state index in [9.17, 15) is 0 Å². The molecule has 6 nitrogen and oxygen atoms in total. The molecule has 0 unspecified atom stereocenters. The minimum absolute atomic E-state index is 0.853. The fraction of sp³-hybridized carbons (Fsp3) is 0. The number of nitrogens with zero attached hydrogens (tertiary/aromatic N) is 4. The number of aromatic nitrogens is 4. The van der Waals surface area contributed by atoms with Crippen molar-refractivity contribution in [3.63, 3.8) is 0 Å². The van der Waals surface area contributed by atoms with E-state index in [0.717, 1.165) is 172 Å². The molecule has 23 aromatic rings. The Labute approximate surface area is 619 Å². The molecule has 0 fully saturated rings. The van der Waals surface area contributed by atoms with E-state index >= 15 is 0 Å². The van der Waals surface area contributed by atoms with Crippen LogP contribution >= 0.6 is 0 Å². The van der Waals surface area contributed by atoms with Gasteiger partial charge in [-0.3, -0.25) is 0 Å². The summed E-state index contributed by atoms with van der Waals surface area (Å²) >= 11 is 0. The first-order valence-corrected chi connectivity index (χ1v) is 37.0. The lowest BCUT2D eigenvalue weighted by Gasteiger charge is -2.15. The molecule has 6 heterocycles. The van der Waals surface area contributed by atoms with Gasteiger partial charge < -0.3 is 27.1 Å². The molecule has 502 valence electrons. The van der Waals surface area contributed by atoms with Gasteiger partial charge in [0.05, 0.1) is 44.1 Å². The average Bonchev–Trinajstić information content (AvgIpc) is 1.55. The molecule has 0 spiro atoms. The fourth-order valence-electron chi connectivity index (χ4n) is 17.8. The highest BCUT2D eigenvalue weighted by Gasteiger charge is 2.26. The first-order valence-electron chi connectivity index (χ1n) is 37.0. The molecular weight excluding hydrogens is 1310 g/mol. The highest BCUT2D eigenvalue weighted by atomic mass is 16.3. The Morgan fingerprint density at radius 2 is 0.491 bits per heavy atom. The Morgan fingerprint density at radius 1 is 0.167 bits per heavy atom. The molecular formula is C102H62N4O2. The van der Waals surface area contributed by atoms with E-state index in [1.807, 2.05) is 6.07 Å². The topological polar surface area (TPSA) is 46.0 Å². The third-order valence-electron chi connectivity index (χ3n) is 22.7. The third-order valence-corrected chi connectivity index (χ3v) is 22.7. The Balaban J connectivity index is 0.656. The molecule has 23 rings (SSSR count). The van der Waals surface area contributed by atoms with Crippen LogP contribution in [0.1, 0.15) is 0 Å². The van der Waals surface area contributed by atoms with Crippen LogP contribution in [0.4, 0.5) is 0 Å². The van der Waals surface area contributed by atoms with Crippen molar-refractivity contribution in [2.24, 2.45) is 0 Å².